The van der Waals surface area contributed by atoms with E-state index in [0.717, 1.165) is 25.2 Å². The molecule has 0 spiro atoms. The third-order valence-corrected chi connectivity index (χ3v) is 5.53. The summed E-state index contributed by atoms with van der Waals surface area (Å²) < 4.78 is 5.72. The smallest absolute Gasteiger partial charge is 0.309 e. The van der Waals surface area contributed by atoms with Gasteiger partial charge in [0, 0.05) is 0 Å². The van der Waals surface area contributed by atoms with Crippen LogP contribution in [0.2, 0.25) is 0 Å². The molecule has 1 aliphatic heterocycles. The third-order valence-electron chi connectivity index (χ3n) is 5.53. The molecule has 2 unspecified atom stereocenters. The van der Waals surface area contributed by atoms with Crippen molar-refractivity contribution in [1.82, 2.24) is 0 Å². The van der Waals surface area contributed by atoms with E-state index >= 15 is 0 Å². The molecule has 1 heterocycles. The number of rotatable bonds is 6. The lowest BCUT2D eigenvalue weighted by atomic mass is 9.75. The molecule has 2 atom stereocenters. The second kappa shape index (κ2) is 8.05. The van der Waals surface area contributed by atoms with Gasteiger partial charge in [-0.2, -0.15) is 0 Å². The first kappa shape index (κ1) is 15.9. The van der Waals surface area contributed by atoms with Crippen LogP contribution in [0.3, 0.4) is 0 Å². The zero-order chi connectivity index (χ0) is 14.4. The lowest BCUT2D eigenvalue weighted by molar-refractivity contribution is -0.165. The highest BCUT2D eigenvalue weighted by atomic mass is 16.5. The predicted molar refractivity (Wildman–Crippen MR) is 82.5 cm³/mol. The summed E-state index contributed by atoms with van der Waals surface area (Å²) in [5, 5.41) is 0. The average Bonchev–Trinajstić information content (AvgIpc) is 2.48. The van der Waals surface area contributed by atoms with Crippen LogP contribution in [0.4, 0.5) is 0 Å². The fourth-order valence-electron chi connectivity index (χ4n) is 4.02. The van der Waals surface area contributed by atoms with E-state index in [1.165, 1.54) is 51.4 Å². The Labute approximate surface area is 124 Å². The van der Waals surface area contributed by atoms with Crippen LogP contribution in [0.5, 0.6) is 0 Å². The van der Waals surface area contributed by atoms with E-state index in [4.69, 9.17) is 4.74 Å². The Hall–Kier alpha value is -0.530. The Balaban J connectivity index is 1.70. The third kappa shape index (κ3) is 4.23. The van der Waals surface area contributed by atoms with Crippen LogP contribution in [-0.2, 0) is 9.53 Å². The molecule has 2 rings (SSSR count). The quantitative estimate of drug-likeness (QED) is 0.499. The molecule has 2 aliphatic rings. The minimum Gasteiger partial charge on any atom is -0.462 e. The molecule has 0 N–H and O–H groups in total. The number of esters is 1. The number of hydrogen-bond acceptors (Lipinski definition) is 2. The highest BCUT2D eigenvalue weighted by molar-refractivity contribution is 5.73. The SMILES string of the molecule is CCCCCC1CCC(C2CCC(CC)C(=O)O2)CC1. The number of unbranched alkanes of at least 4 members (excludes halogenated alkanes) is 2. The van der Waals surface area contributed by atoms with Gasteiger partial charge in [0.15, 0.2) is 0 Å². The van der Waals surface area contributed by atoms with Gasteiger partial charge in [0.05, 0.1) is 5.92 Å². The normalized spacial score (nSPS) is 34.8. The van der Waals surface area contributed by atoms with Crippen molar-refractivity contribution in [2.75, 3.05) is 0 Å². The largest absolute Gasteiger partial charge is 0.462 e. The average molecular weight is 280 g/mol. The van der Waals surface area contributed by atoms with Crippen molar-refractivity contribution in [3.8, 4) is 0 Å². The number of ether oxygens (including phenoxy) is 1. The fourth-order valence-corrected chi connectivity index (χ4v) is 4.02. The predicted octanol–water partition coefficient (Wildman–Crippen LogP) is 5.10. The molecule has 0 radical (unpaired) electrons. The molecule has 1 saturated heterocycles. The van der Waals surface area contributed by atoms with E-state index in [9.17, 15) is 4.79 Å². The van der Waals surface area contributed by atoms with Crippen LogP contribution < -0.4 is 0 Å². The summed E-state index contributed by atoms with van der Waals surface area (Å²) in [6, 6.07) is 0. The lowest BCUT2D eigenvalue weighted by Crippen LogP contribution is -2.37. The Morgan fingerprint density at radius 3 is 2.35 bits per heavy atom. The monoisotopic (exact) mass is 280 g/mol. The van der Waals surface area contributed by atoms with Gasteiger partial charge in [0.25, 0.3) is 0 Å². The van der Waals surface area contributed by atoms with E-state index in [1.807, 2.05) is 0 Å². The molecule has 1 aliphatic carbocycles. The molecule has 1 saturated carbocycles. The zero-order valence-electron chi connectivity index (χ0n) is 13.4. The van der Waals surface area contributed by atoms with Gasteiger partial charge in [0.2, 0.25) is 0 Å². The maximum atomic E-state index is 11.9. The van der Waals surface area contributed by atoms with E-state index in [0.29, 0.717) is 5.92 Å². The number of hydrogen-bond donors (Lipinski definition) is 0. The Kier molecular flexibility index (Phi) is 6.38. The summed E-state index contributed by atoms with van der Waals surface area (Å²) in [4.78, 5) is 11.9. The van der Waals surface area contributed by atoms with Crippen molar-refractivity contribution < 1.29 is 9.53 Å². The molecule has 0 aromatic heterocycles. The van der Waals surface area contributed by atoms with Crippen molar-refractivity contribution in [1.29, 1.82) is 0 Å². The molecule has 2 nitrogen and oxygen atoms in total. The van der Waals surface area contributed by atoms with Crippen LogP contribution in [0.15, 0.2) is 0 Å². The van der Waals surface area contributed by atoms with Crippen LogP contribution in [-0.4, -0.2) is 12.1 Å². The van der Waals surface area contributed by atoms with Gasteiger partial charge in [-0.15, -0.1) is 0 Å². The summed E-state index contributed by atoms with van der Waals surface area (Å²) in [6.45, 7) is 4.37. The molecule has 2 heteroatoms. The van der Waals surface area contributed by atoms with Crippen LogP contribution in [0.25, 0.3) is 0 Å². The van der Waals surface area contributed by atoms with Gasteiger partial charge in [-0.1, -0.05) is 52.4 Å². The van der Waals surface area contributed by atoms with Gasteiger partial charge in [0.1, 0.15) is 6.10 Å². The minimum atomic E-state index is 0.0776. The molecule has 20 heavy (non-hydrogen) atoms. The number of carbonyl (C=O) groups excluding carboxylic acids is 1. The zero-order valence-corrected chi connectivity index (χ0v) is 13.4. The van der Waals surface area contributed by atoms with Crippen LogP contribution >= 0.6 is 0 Å². The summed E-state index contributed by atoms with van der Waals surface area (Å²) in [5.41, 5.74) is 0. The topological polar surface area (TPSA) is 26.3 Å². The first-order valence-corrected chi connectivity index (χ1v) is 8.95. The second-order valence-corrected chi connectivity index (χ2v) is 6.93. The lowest BCUT2D eigenvalue weighted by Gasteiger charge is -2.37. The fraction of sp³-hybridized carbons (Fsp3) is 0.944. The summed E-state index contributed by atoms with van der Waals surface area (Å²) in [5.74, 6) is 1.85. The highest BCUT2D eigenvalue weighted by Crippen LogP contribution is 2.38. The van der Waals surface area contributed by atoms with Crippen molar-refractivity contribution in [3.05, 3.63) is 0 Å². The maximum Gasteiger partial charge on any atom is 0.309 e. The second-order valence-electron chi connectivity index (χ2n) is 6.93. The Morgan fingerprint density at radius 2 is 1.75 bits per heavy atom. The summed E-state index contributed by atoms with van der Waals surface area (Å²) in [7, 11) is 0. The number of cyclic esters (lactones) is 1. The van der Waals surface area contributed by atoms with Gasteiger partial charge in [-0.05, 0) is 43.9 Å². The van der Waals surface area contributed by atoms with E-state index in [1.54, 1.807) is 0 Å². The van der Waals surface area contributed by atoms with Crippen molar-refractivity contribution in [2.45, 2.75) is 90.6 Å². The molecular formula is C18H32O2. The molecular weight excluding hydrogens is 248 g/mol. The van der Waals surface area contributed by atoms with E-state index < -0.39 is 0 Å². The Bertz CT molecular complexity index is 292. The van der Waals surface area contributed by atoms with Gasteiger partial charge in [-0.3, -0.25) is 4.79 Å². The number of carbonyl (C=O) groups is 1. The van der Waals surface area contributed by atoms with Crippen molar-refractivity contribution >= 4 is 5.97 Å². The van der Waals surface area contributed by atoms with Crippen molar-refractivity contribution in [2.24, 2.45) is 17.8 Å². The molecule has 0 aromatic rings. The molecule has 0 aromatic carbocycles. The first-order valence-electron chi connectivity index (χ1n) is 8.95. The molecule has 0 bridgehead atoms. The van der Waals surface area contributed by atoms with Gasteiger partial charge in [-0.25, -0.2) is 0 Å². The first-order chi connectivity index (χ1) is 9.74. The van der Waals surface area contributed by atoms with Crippen LogP contribution in [0, 0.1) is 17.8 Å². The summed E-state index contributed by atoms with van der Waals surface area (Å²) in [6.07, 6.45) is 14.2. The molecule has 116 valence electrons. The minimum absolute atomic E-state index is 0.0776. The molecule has 2 fully saturated rings. The summed E-state index contributed by atoms with van der Waals surface area (Å²) >= 11 is 0. The van der Waals surface area contributed by atoms with E-state index in [2.05, 4.69) is 13.8 Å². The van der Waals surface area contributed by atoms with Crippen LogP contribution in [0.1, 0.15) is 84.5 Å². The maximum absolute atomic E-state index is 11.9. The van der Waals surface area contributed by atoms with E-state index in [-0.39, 0.29) is 18.0 Å². The van der Waals surface area contributed by atoms with Crippen molar-refractivity contribution in [3.63, 3.8) is 0 Å². The highest BCUT2D eigenvalue weighted by Gasteiger charge is 2.35. The molecule has 0 amide bonds. The van der Waals surface area contributed by atoms with Gasteiger partial charge >= 0.3 is 5.97 Å². The Morgan fingerprint density at radius 1 is 1.00 bits per heavy atom. The van der Waals surface area contributed by atoms with Gasteiger partial charge < -0.3 is 4.74 Å². The standard InChI is InChI=1S/C18H32O2/c1-3-5-6-7-14-8-10-16(11-9-14)17-13-12-15(4-2)18(19)20-17/h14-17H,3-13H2,1-2H3.